The molecule has 1 aromatic rings. The molecular formula is C12H14O. The van der Waals surface area contributed by atoms with Crippen LogP contribution in [0.3, 0.4) is 0 Å². The quantitative estimate of drug-likeness (QED) is 0.630. The molecule has 0 bridgehead atoms. The van der Waals surface area contributed by atoms with Crippen molar-refractivity contribution in [1.29, 1.82) is 0 Å². The van der Waals surface area contributed by atoms with Crippen LogP contribution in [0.15, 0.2) is 30.3 Å². The van der Waals surface area contributed by atoms with Gasteiger partial charge in [0.25, 0.3) is 0 Å². The van der Waals surface area contributed by atoms with E-state index in [1.54, 1.807) is 0 Å². The van der Waals surface area contributed by atoms with Gasteiger partial charge in [-0.15, -0.1) is 0 Å². The van der Waals surface area contributed by atoms with Gasteiger partial charge in [-0.1, -0.05) is 44.2 Å². The molecule has 0 N–H and O–H groups in total. The van der Waals surface area contributed by atoms with E-state index in [0.29, 0.717) is 11.7 Å². The van der Waals surface area contributed by atoms with Crippen LogP contribution < -0.4 is 0 Å². The number of Topliss-reactive ketones (excluding diaryl/α,β-unsaturated/α-hetero) is 1. The van der Waals surface area contributed by atoms with E-state index in [1.165, 1.54) is 0 Å². The zero-order chi connectivity index (χ0) is 9.47. The van der Waals surface area contributed by atoms with Gasteiger partial charge >= 0.3 is 0 Å². The van der Waals surface area contributed by atoms with Gasteiger partial charge in [0, 0.05) is 11.0 Å². The van der Waals surface area contributed by atoms with Crippen LogP contribution in [0.2, 0.25) is 0 Å². The fourth-order valence-corrected chi connectivity index (χ4v) is 1.81. The maximum Gasteiger partial charge on any atom is 0.168 e. The van der Waals surface area contributed by atoms with Crippen LogP contribution in [-0.4, -0.2) is 5.78 Å². The molecular weight excluding hydrogens is 160 g/mol. The minimum atomic E-state index is -0.0681. The SMILES string of the molecule is CC1CC1(C)C(=O)c1ccccc1. The average molecular weight is 174 g/mol. The lowest BCUT2D eigenvalue weighted by Crippen LogP contribution is -2.13. The summed E-state index contributed by atoms with van der Waals surface area (Å²) < 4.78 is 0. The fraction of sp³-hybridized carbons (Fsp3) is 0.417. The number of carbonyl (C=O) groups is 1. The normalized spacial score (nSPS) is 31.4. The topological polar surface area (TPSA) is 17.1 Å². The maximum absolute atomic E-state index is 11.9. The summed E-state index contributed by atoms with van der Waals surface area (Å²) in [6.45, 7) is 4.20. The van der Waals surface area contributed by atoms with Crippen LogP contribution in [0.4, 0.5) is 0 Å². The standard InChI is InChI=1S/C12H14O/c1-9-8-12(9,2)11(13)10-6-4-3-5-7-10/h3-7,9H,8H2,1-2H3. The second kappa shape index (κ2) is 2.69. The van der Waals surface area contributed by atoms with Gasteiger partial charge in [0.05, 0.1) is 0 Å². The lowest BCUT2D eigenvalue weighted by Gasteiger charge is -2.07. The minimum Gasteiger partial charge on any atom is -0.294 e. The first-order valence-corrected chi connectivity index (χ1v) is 4.74. The third kappa shape index (κ3) is 1.28. The Hall–Kier alpha value is -1.11. The van der Waals surface area contributed by atoms with E-state index in [1.807, 2.05) is 30.3 Å². The number of benzene rings is 1. The van der Waals surface area contributed by atoms with Gasteiger partial charge in [-0.3, -0.25) is 4.79 Å². The van der Waals surface area contributed by atoms with Gasteiger partial charge in [0.1, 0.15) is 0 Å². The third-order valence-electron chi connectivity index (χ3n) is 3.21. The highest BCUT2D eigenvalue weighted by atomic mass is 16.1. The lowest BCUT2D eigenvalue weighted by molar-refractivity contribution is 0.0902. The van der Waals surface area contributed by atoms with Crippen molar-refractivity contribution in [3.8, 4) is 0 Å². The Balaban J connectivity index is 2.25. The van der Waals surface area contributed by atoms with Crippen molar-refractivity contribution >= 4 is 5.78 Å². The molecule has 0 spiro atoms. The lowest BCUT2D eigenvalue weighted by atomic mass is 9.95. The molecule has 0 radical (unpaired) electrons. The highest BCUT2D eigenvalue weighted by Gasteiger charge is 2.52. The van der Waals surface area contributed by atoms with Crippen LogP contribution in [0.1, 0.15) is 30.6 Å². The Morgan fingerprint density at radius 1 is 1.38 bits per heavy atom. The molecule has 1 saturated carbocycles. The highest BCUT2D eigenvalue weighted by Crippen LogP contribution is 2.53. The molecule has 0 saturated heterocycles. The van der Waals surface area contributed by atoms with Crippen molar-refractivity contribution in [3.63, 3.8) is 0 Å². The first-order chi connectivity index (χ1) is 6.14. The second-order valence-electron chi connectivity index (χ2n) is 4.22. The van der Waals surface area contributed by atoms with E-state index in [2.05, 4.69) is 13.8 Å². The van der Waals surface area contributed by atoms with Gasteiger partial charge in [-0.2, -0.15) is 0 Å². The zero-order valence-electron chi connectivity index (χ0n) is 8.08. The molecule has 0 aromatic heterocycles. The van der Waals surface area contributed by atoms with Crippen LogP contribution in [0.25, 0.3) is 0 Å². The van der Waals surface area contributed by atoms with Gasteiger partial charge in [-0.05, 0) is 12.3 Å². The summed E-state index contributed by atoms with van der Waals surface area (Å²) in [6.07, 6.45) is 1.04. The fourth-order valence-electron chi connectivity index (χ4n) is 1.81. The van der Waals surface area contributed by atoms with Crippen molar-refractivity contribution in [2.45, 2.75) is 20.3 Å². The Bertz CT molecular complexity index is 328. The molecule has 1 fully saturated rings. The Labute approximate surface area is 78.8 Å². The molecule has 1 aliphatic rings. The van der Waals surface area contributed by atoms with Crippen LogP contribution >= 0.6 is 0 Å². The van der Waals surface area contributed by atoms with Gasteiger partial charge in [-0.25, -0.2) is 0 Å². The predicted octanol–water partition coefficient (Wildman–Crippen LogP) is 2.92. The molecule has 0 heterocycles. The second-order valence-corrected chi connectivity index (χ2v) is 4.22. The zero-order valence-corrected chi connectivity index (χ0v) is 8.08. The van der Waals surface area contributed by atoms with Crippen molar-refractivity contribution in [1.82, 2.24) is 0 Å². The van der Waals surface area contributed by atoms with E-state index in [-0.39, 0.29) is 5.41 Å². The minimum absolute atomic E-state index is 0.0681. The summed E-state index contributed by atoms with van der Waals surface area (Å²) in [5.74, 6) is 0.862. The smallest absolute Gasteiger partial charge is 0.168 e. The average Bonchev–Trinajstić information content (AvgIpc) is 2.76. The summed E-state index contributed by atoms with van der Waals surface area (Å²) in [7, 11) is 0. The van der Waals surface area contributed by atoms with E-state index < -0.39 is 0 Å². The third-order valence-corrected chi connectivity index (χ3v) is 3.21. The molecule has 1 heteroatoms. The summed E-state index contributed by atoms with van der Waals surface area (Å²) in [6, 6.07) is 9.58. The van der Waals surface area contributed by atoms with Crippen LogP contribution in [0, 0.1) is 11.3 Å². The number of hydrogen-bond donors (Lipinski definition) is 0. The maximum atomic E-state index is 11.9. The molecule has 2 atom stereocenters. The number of hydrogen-bond acceptors (Lipinski definition) is 1. The van der Waals surface area contributed by atoms with Gasteiger partial charge < -0.3 is 0 Å². The van der Waals surface area contributed by atoms with Crippen LogP contribution in [0.5, 0.6) is 0 Å². The van der Waals surface area contributed by atoms with Crippen molar-refractivity contribution in [2.24, 2.45) is 11.3 Å². The van der Waals surface area contributed by atoms with Crippen molar-refractivity contribution in [2.75, 3.05) is 0 Å². The van der Waals surface area contributed by atoms with Crippen molar-refractivity contribution in [3.05, 3.63) is 35.9 Å². The monoisotopic (exact) mass is 174 g/mol. The molecule has 1 aromatic carbocycles. The molecule has 0 aliphatic heterocycles. The van der Waals surface area contributed by atoms with E-state index in [9.17, 15) is 4.79 Å². The number of carbonyl (C=O) groups excluding carboxylic acids is 1. The summed E-state index contributed by atoms with van der Waals surface area (Å²) in [4.78, 5) is 11.9. The van der Waals surface area contributed by atoms with Gasteiger partial charge in [0.2, 0.25) is 0 Å². The predicted molar refractivity (Wildman–Crippen MR) is 52.7 cm³/mol. The largest absolute Gasteiger partial charge is 0.294 e. The molecule has 68 valence electrons. The van der Waals surface area contributed by atoms with E-state index in [4.69, 9.17) is 0 Å². The number of rotatable bonds is 2. The Morgan fingerprint density at radius 3 is 2.38 bits per heavy atom. The summed E-state index contributed by atoms with van der Waals surface area (Å²) >= 11 is 0. The summed E-state index contributed by atoms with van der Waals surface area (Å²) in [5, 5.41) is 0. The van der Waals surface area contributed by atoms with E-state index >= 15 is 0 Å². The molecule has 2 rings (SSSR count). The van der Waals surface area contributed by atoms with Gasteiger partial charge in [0.15, 0.2) is 5.78 Å². The molecule has 1 nitrogen and oxygen atoms in total. The Kier molecular flexibility index (Phi) is 1.76. The number of ketones is 1. The Morgan fingerprint density at radius 2 is 1.92 bits per heavy atom. The first-order valence-electron chi connectivity index (χ1n) is 4.74. The first kappa shape index (κ1) is 8.49. The molecule has 13 heavy (non-hydrogen) atoms. The van der Waals surface area contributed by atoms with Crippen molar-refractivity contribution < 1.29 is 4.79 Å². The summed E-state index contributed by atoms with van der Waals surface area (Å²) in [5.41, 5.74) is 0.788. The molecule has 1 aliphatic carbocycles. The molecule has 0 amide bonds. The van der Waals surface area contributed by atoms with E-state index in [0.717, 1.165) is 12.0 Å². The van der Waals surface area contributed by atoms with Crippen LogP contribution in [-0.2, 0) is 0 Å². The highest BCUT2D eigenvalue weighted by molar-refractivity contribution is 6.02. The molecule has 2 unspecified atom stereocenters.